The molecule has 3 rings (SSSR count). The second kappa shape index (κ2) is 5.75. The molecule has 1 aliphatic rings. The van der Waals surface area contributed by atoms with E-state index in [1.54, 1.807) is 13.2 Å². The van der Waals surface area contributed by atoms with Gasteiger partial charge in [0.25, 0.3) is 0 Å². The average molecular weight is 283 g/mol. The predicted octanol–water partition coefficient (Wildman–Crippen LogP) is 3.31. The molecule has 0 atom stereocenters. The van der Waals surface area contributed by atoms with Crippen LogP contribution < -0.4 is 20.7 Å². The molecule has 2 amide bonds. The van der Waals surface area contributed by atoms with E-state index >= 15 is 0 Å². The van der Waals surface area contributed by atoms with E-state index in [9.17, 15) is 4.79 Å². The van der Waals surface area contributed by atoms with E-state index in [2.05, 4.69) is 16.0 Å². The Morgan fingerprint density at radius 2 is 1.95 bits per heavy atom. The highest BCUT2D eigenvalue weighted by Crippen LogP contribution is 2.25. The third kappa shape index (κ3) is 3.08. The fourth-order valence-corrected chi connectivity index (χ4v) is 2.38. The molecule has 2 aromatic rings. The van der Waals surface area contributed by atoms with Gasteiger partial charge in [0.15, 0.2) is 0 Å². The summed E-state index contributed by atoms with van der Waals surface area (Å²) >= 11 is 0. The van der Waals surface area contributed by atoms with Crippen molar-refractivity contribution >= 4 is 23.1 Å². The number of nitrogens with one attached hydrogen (secondary N) is 3. The van der Waals surface area contributed by atoms with Crippen LogP contribution in [0.2, 0.25) is 0 Å². The van der Waals surface area contributed by atoms with E-state index in [0.717, 1.165) is 24.3 Å². The standard InChI is InChI=1S/C16H17N3O2/c1-21-14-4-2-3-12(10-14)18-16(20)19-13-5-6-15-11(9-13)7-8-17-15/h2-6,9-10,17H,7-8H2,1H3,(H2,18,19,20). The number of methoxy groups -OCH3 is 1. The first-order chi connectivity index (χ1) is 10.2. The Bertz CT molecular complexity index is 670. The summed E-state index contributed by atoms with van der Waals surface area (Å²) in [6, 6.07) is 12.9. The van der Waals surface area contributed by atoms with Gasteiger partial charge in [0.2, 0.25) is 0 Å². The molecule has 0 unspecified atom stereocenters. The highest BCUT2D eigenvalue weighted by molar-refractivity contribution is 6.00. The van der Waals surface area contributed by atoms with Crippen LogP contribution in [0.4, 0.5) is 21.9 Å². The molecule has 0 bridgehead atoms. The lowest BCUT2D eigenvalue weighted by Crippen LogP contribution is -2.19. The van der Waals surface area contributed by atoms with Crippen LogP contribution in [0.3, 0.4) is 0 Å². The first kappa shape index (κ1) is 13.3. The van der Waals surface area contributed by atoms with Gasteiger partial charge in [-0.2, -0.15) is 0 Å². The molecule has 2 aromatic carbocycles. The molecule has 1 aliphatic heterocycles. The monoisotopic (exact) mass is 283 g/mol. The summed E-state index contributed by atoms with van der Waals surface area (Å²) in [4.78, 5) is 12.0. The van der Waals surface area contributed by atoms with Crippen LogP contribution in [0.5, 0.6) is 5.75 Å². The first-order valence-electron chi connectivity index (χ1n) is 6.83. The molecule has 3 N–H and O–H groups in total. The molecule has 0 radical (unpaired) electrons. The minimum atomic E-state index is -0.269. The number of carbonyl (C=O) groups is 1. The number of carbonyl (C=O) groups excluding carboxylic acids is 1. The van der Waals surface area contributed by atoms with Crippen LogP contribution in [0.1, 0.15) is 5.56 Å². The van der Waals surface area contributed by atoms with Gasteiger partial charge in [-0.25, -0.2) is 4.79 Å². The van der Waals surface area contributed by atoms with Crippen molar-refractivity contribution in [1.29, 1.82) is 0 Å². The van der Waals surface area contributed by atoms with Crippen molar-refractivity contribution in [3.8, 4) is 5.75 Å². The van der Waals surface area contributed by atoms with Crippen LogP contribution in [0.25, 0.3) is 0 Å². The van der Waals surface area contributed by atoms with E-state index in [1.807, 2.05) is 36.4 Å². The summed E-state index contributed by atoms with van der Waals surface area (Å²) in [5, 5.41) is 8.92. The summed E-state index contributed by atoms with van der Waals surface area (Å²) in [6.07, 6.45) is 0.988. The van der Waals surface area contributed by atoms with E-state index in [0.29, 0.717) is 11.4 Å². The molecular weight excluding hydrogens is 266 g/mol. The van der Waals surface area contributed by atoms with Gasteiger partial charge >= 0.3 is 6.03 Å². The van der Waals surface area contributed by atoms with E-state index in [4.69, 9.17) is 4.74 Å². The number of benzene rings is 2. The molecular formula is C16H17N3O2. The van der Waals surface area contributed by atoms with Crippen LogP contribution in [-0.4, -0.2) is 19.7 Å². The largest absolute Gasteiger partial charge is 0.497 e. The maximum Gasteiger partial charge on any atom is 0.323 e. The number of urea groups is 1. The Labute approximate surface area is 123 Å². The summed E-state index contributed by atoms with van der Waals surface area (Å²) in [6.45, 7) is 0.953. The first-order valence-corrected chi connectivity index (χ1v) is 6.83. The highest BCUT2D eigenvalue weighted by Gasteiger charge is 2.11. The summed E-state index contributed by atoms with van der Waals surface area (Å²) in [5.74, 6) is 0.705. The third-order valence-corrected chi connectivity index (χ3v) is 3.40. The number of fused-ring (bicyclic) bond motifs is 1. The van der Waals surface area contributed by atoms with Gasteiger partial charge in [-0.3, -0.25) is 0 Å². The Balaban J connectivity index is 1.66. The molecule has 0 aromatic heterocycles. The van der Waals surface area contributed by atoms with Gasteiger partial charge in [0.05, 0.1) is 7.11 Å². The molecule has 21 heavy (non-hydrogen) atoms. The number of hydrogen-bond acceptors (Lipinski definition) is 3. The number of amides is 2. The van der Waals surface area contributed by atoms with Crippen molar-refractivity contribution in [1.82, 2.24) is 0 Å². The lowest BCUT2D eigenvalue weighted by molar-refractivity contribution is 0.262. The van der Waals surface area contributed by atoms with Crippen LogP contribution in [0, 0.1) is 0 Å². The molecule has 108 valence electrons. The van der Waals surface area contributed by atoms with E-state index in [-0.39, 0.29) is 6.03 Å². The molecule has 0 aliphatic carbocycles. The predicted molar refractivity (Wildman–Crippen MR) is 84.3 cm³/mol. The molecule has 0 saturated heterocycles. The minimum Gasteiger partial charge on any atom is -0.497 e. The normalized spacial score (nSPS) is 12.2. The van der Waals surface area contributed by atoms with Crippen molar-refractivity contribution in [3.63, 3.8) is 0 Å². The second-order valence-corrected chi connectivity index (χ2v) is 4.86. The zero-order valence-electron chi connectivity index (χ0n) is 11.8. The van der Waals surface area contributed by atoms with Gasteiger partial charge in [-0.15, -0.1) is 0 Å². The zero-order valence-corrected chi connectivity index (χ0v) is 11.8. The molecule has 0 fully saturated rings. The molecule has 0 saturated carbocycles. The van der Waals surface area contributed by atoms with E-state index in [1.165, 1.54) is 5.56 Å². The van der Waals surface area contributed by atoms with Gasteiger partial charge in [-0.05, 0) is 42.3 Å². The number of ether oxygens (including phenoxy) is 1. The van der Waals surface area contributed by atoms with Gasteiger partial charge < -0.3 is 20.7 Å². The highest BCUT2D eigenvalue weighted by atomic mass is 16.5. The third-order valence-electron chi connectivity index (χ3n) is 3.40. The Morgan fingerprint density at radius 3 is 2.76 bits per heavy atom. The number of hydrogen-bond donors (Lipinski definition) is 3. The number of anilines is 3. The van der Waals surface area contributed by atoms with Gasteiger partial charge in [-0.1, -0.05) is 6.07 Å². The second-order valence-electron chi connectivity index (χ2n) is 4.86. The minimum absolute atomic E-state index is 0.269. The fraction of sp³-hybridized carbons (Fsp3) is 0.188. The SMILES string of the molecule is COc1cccc(NC(=O)Nc2ccc3c(c2)CCN3)c1. The smallest absolute Gasteiger partial charge is 0.323 e. The van der Waals surface area contributed by atoms with Crippen LogP contribution in [0.15, 0.2) is 42.5 Å². The summed E-state index contributed by atoms with van der Waals surface area (Å²) in [7, 11) is 1.60. The lowest BCUT2D eigenvalue weighted by Gasteiger charge is -2.10. The summed E-state index contributed by atoms with van der Waals surface area (Å²) < 4.78 is 5.13. The quantitative estimate of drug-likeness (QED) is 0.810. The van der Waals surface area contributed by atoms with Crippen molar-refractivity contribution in [3.05, 3.63) is 48.0 Å². The van der Waals surface area contributed by atoms with Crippen molar-refractivity contribution < 1.29 is 9.53 Å². The Kier molecular flexibility index (Phi) is 3.64. The molecule has 5 heteroatoms. The van der Waals surface area contributed by atoms with Crippen molar-refractivity contribution in [2.75, 3.05) is 29.6 Å². The molecule has 1 heterocycles. The molecule has 5 nitrogen and oxygen atoms in total. The Morgan fingerprint density at radius 1 is 1.14 bits per heavy atom. The zero-order chi connectivity index (χ0) is 14.7. The van der Waals surface area contributed by atoms with Gasteiger partial charge in [0.1, 0.15) is 5.75 Å². The van der Waals surface area contributed by atoms with Crippen LogP contribution >= 0.6 is 0 Å². The lowest BCUT2D eigenvalue weighted by atomic mass is 10.1. The fourth-order valence-electron chi connectivity index (χ4n) is 2.38. The topological polar surface area (TPSA) is 62.4 Å². The van der Waals surface area contributed by atoms with Crippen molar-refractivity contribution in [2.24, 2.45) is 0 Å². The van der Waals surface area contributed by atoms with Gasteiger partial charge in [0, 0.05) is 29.7 Å². The average Bonchev–Trinajstić information content (AvgIpc) is 2.95. The molecule has 0 spiro atoms. The van der Waals surface area contributed by atoms with E-state index < -0.39 is 0 Å². The Hall–Kier alpha value is -2.69. The van der Waals surface area contributed by atoms with Crippen molar-refractivity contribution in [2.45, 2.75) is 6.42 Å². The maximum atomic E-state index is 12.0. The number of rotatable bonds is 3. The summed E-state index contributed by atoms with van der Waals surface area (Å²) in [5.41, 5.74) is 3.86. The van der Waals surface area contributed by atoms with Crippen LogP contribution in [-0.2, 0) is 6.42 Å². The maximum absolute atomic E-state index is 12.0.